The summed E-state index contributed by atoms with van der Waals surface area (Å²) in [5.74, 6) is -2.44. The SMILES string of the molecule is NC(=O)c1nn(CC(=O)N2C[C@H](F)C[C@H]2C(=O)Nc2cccc(-c3ccccc3Cl)c2F)c2ccc(Nc3cccnn3)cc12. The zero-order valence-electron chi connectivity index (χ0n) is 23.5. The quantitative estimate of drug-likeness (QED) is 0.225. The van der Waals surface area contributed by atoms with Crippen molar-refractivity contribution in [2.75, 3.05) is 17.2 Å². The van der Waals surface area contributed by atoms with Crippen LogP contribution in [0.3, 0.4) is 0 Å². The Bertz CT molecular complexity index is 1940. The summed E-state index contributed by atoms with van der Waals surface area (Å²) in [4.78, 5) is 40.1. The number of primary amides is 1. The highest BCUT2D eigenvalue weighted by molar-refractivity contribution is 6.33. The van der Waals surface area contributed by atoms with Crippen LogP contribution in [0.2, 0.25) is 5.02 Å². The number of fused-ring (bicyclic) bond motifs is 1. The number of likely N-dealkylation sites (tertiary alicyclic amines) is 1. The van der Waals surface area contributed by atoms with Crippen molar-refractivity contribution in [2.24, 2.45) is 5.73 Å². The first-order chi connectivity index (χ1) is 21.7. The van der Waals surface area contributed by atoms with Gasteiger partial charge < -0.3 is 21.3 Å². The molecule has 3 amide bonds. The van der Waals surface area contributed by atoms with Crippen LogP contribution in [0.4, 0.5) is 26.0 Å². The topological polar surface area (TPSA) is 148 Å². The van der Waals surface area contributed by atoms with Gasteiger partial charge in [0, 0.05) is 39.8 Å². The van der Waals surface area contributed by atoms with E-state index in [0.717, 1.165) is 4.90 Å². The van der Waals surface area contributed by atoms with Crippen LogP contribution in [-0.4, -0.2) is 61.4 Å². The first-order valence-electron chi connectivity index (χ1n) is 13.8. The predicted octanol–water partition coefficient (Wildman–Crippen LogP) is 4.71. The average Bonchev–Trinajstić information content (AvgIpc) is 3.59. The monoisotopic (exact) mass is 630 g/mol. The molecule has 11 nitrogen and oxygen atoms in total. The Morgan fingerprint density at radius 3 is 2.58 bits per heavy atom. The van der Waals surface area contributed by atoms with Crippen LogP contribution in [0.25, 0.3) is 22.0 Å². The lowest BCUT2D eigenvalue weighted by atomic mass is 10.0. The molecule has 14 heteroatoms. The maximum Gasteiger partial charge on any atom is 0.269 e. The summed E-state index contributed by atoms with van der Waals surface area (Å²) >= 11 is 6.24. The van der Waals surface area contributed by atoms with Crippen LogP contribution in [0.1, 0.15) is 16.9 Å². The Morgan fingerprint density at radius 1 is 1.02 bits per heavy atom. The van der Waals surface area contributed by atoms with Crippen molar-refractivity contribution < 1.29 is 23.2 Å². The number of nitrogens with two attached hydrogens (primary N) is 1. The molecule has 3 heterocycles. The van der Waals surface area contributed by atoms with Gasteiger partial charge in [-0.15, -0.1) is 5.10 Å². The molecule has 3 aromatic carbocycles. The van der Waals surface area contributed by atoms with Crippen LogP contribution >= 0.6 is 11.6 Å². The summed E-state index contributed by atoms with van der Waals surface area (Å²) in [6, 6.07) is 18.3. The third kappa shape index (κ3) is 6.02. The van der Waals surface area contributed by atoms with Gasteiger partial charge in [-0.2, -0.15) is 10.2 Å². The van der Waals surface area contributed by atoms with Crippen molar-refractivity contribution in [3.8, 4) is 11.1 Å². The van der Waals surface area contributed by atoms with Gasteiger partial charge in [0.25, 0.3) is 5.91 Å². The molecule has 45 heavy (non-hydrogen) atoms. The predicted molar refractivity (Wildman–Crippen MR) is 164 cm³/mol. The number of nitrogens with one attached hydrogen (secondary N) is 2. The molecule has 0 bridgehead atoms. The Hall–Kier alpha value is -5.43. The first-order valence-corrected chi connectivity index (χ1v) is 14.2. The highest BCUT2D eigenvalue weighted by Crippen LogP contribution is 2.33. The number of carbonyl (C=O) groups excluding carboxylic acids is 3. The first kappa shape index (κ1) is 29.6. The van der Waals surface area contributed by atoms with Gasteiger partial charge in [0.1, 0.15) is 18.8 Å². The van der Waals surface area contributed by atoms with Crippen molar-refractivity contribution >= 4 is 57.4 Å². The molecule has 0 radical (unpaired) electrons. The standard InChI is InChI=1S/C31H25ClF2N8O3/c32-22-7-2-1-5-19(22)20-6-3-8-23(28(20)34)38-31(45)25-13-17(33)15-41(25)27(43)16-42-24-11-10-18(37-26-9-4-12-36-39-26)14-21(24)29(40-42)30(35)44/h1-12,14,17,25H,13,15-16H2,(H2,35,44)(H,37,39)(H,38,45)/t17-,25+/m1/s1. The number of nitrogens with zero attached hydrogens (tertiary/aromatic N) is 5. The van der Waals surface area contributed by atoms with Gasteiger partial charge in [0.15, 0.2) is 17.3 Å². The lowest BCUT2D eigenvalue weighted by Gasteiger charge is -2.24. The number of carbonyl (C=O) groups is 3. The highest BCUT2D eigenvalue weighted by atomic mass is 35.5. The van der Waals surface area contributed by atoms with Gasteiger partial charge in [-0.3, -0.25) is 19.1 Å². The van der Waals surface area contributed by atoms with E-state index in [1.807, 2.05) is 0 Å². The van der Waals surface area contributed by atoms with Crippen LogP contribution in [0, 0.1) is 5.82 Å². The van der Waals surface area contributed by atoms with E-state index in [-0.39, 0.29) is 29.9 Å². The van der Waals surface area contributed by atoms with Crippen LogP contribution in [0.15, 0.2) is 79.0 Å². The van der Waals surface area contributed by atoms with Crippen molar-refractivity contribution in [3.63, 3.8) is 0 Å². The number of benzene rings is 3. The molecule has 4 N–H and O–H groups in total. The van der Waals surface area contributed by atoms with Crippen LogP contribution in [-0.2, 0) is 16.1 Å². The maximum absolute atomic E-state index is 15.5. The molecule has 1 fully saturated rings. The zero-order chi connectivity index (χ0) is 31.7. The molecule has 1 saturated heterocycles. The second-order valence-corrected chi connectivity index (χ2v) is 10.8. The molecule has 6 rings (SSSR count). The normalized spacial score (nSPS) is 16.1. The van der Waals surface area contributed by atoms with E-state index in [1.54, 1.807) is 60.7 Å². The van der Waals surface area contributed by atoms with Crippen LogP contribution < -0.4 is 16.4 Å². The molecule has 0 spiro atoms. The Morgan fingerprint density at radius 2 is 1.82 bits per heavy atom. The van der Waals surface area contributed by atoms with E-state index in [1.165, 1.54) is 23.0 Å². The Balaban J connectivity index is 1.23. The van der Waals surface area contributed by atoms with E-state index in [0.29, 0.717) is 33.0 Å². The number of hydrogen-bond donors (Lipinski definition) is 3. The van der Waals surface area contributed by atoms with Crippen molar-refractivity contribution in [3.05, 3.63) is 95.5 Å². The molecule has 0 saturated carbocycles. The number of aromatic nitrogens is 4. The van der Waals surface area contributed by atoms with Crippen LogP contribution in [0.5, 0.6) is 0 Å². The molecule has 2 aromatic heterocycles. The second-order valence-electron chi connectivity index (χ2n) is 10.4. The summed E-state index contributed by atoms with van der Waals surface area (Å²) in [5, 5.41) is 18.3. The fraction of sp³-hybridized carbons (Fsp3) is 0.161. The van der Waals surface area contributed by atoms with E-state index in [4.69, 9.17) is 17.3 Å². The number of halogens is 3. The van der Waals surface area contributed by atoms with E-state index < -0.39 is 42.3 Å². The van der Waals surface area contributed by atoms with Gasteiger partial charge >= 0.3 is 0 Å². The lowest BCUT2D eigenvalue weighted by molar-refractivity contribution is -0.137. The van der Waals surface area contributed by atoms with Crippen molar-refractivity contribution in [1.29, 1.82) is 0 Å². The molecule has 0 aliphatic carbocycles. The molecule has 2 atom stereocenters. The molecule has 1 aliphatic heterocycles. The fourth-order valence-corrected chi connectivity index (χ4v) is 5.57. The maximum atomic E-state index is 15.5. The molecule has 0 unspecified atom stereocenters. The van der Waals surface area contributed by atoms with Gasteiger partial charge in [0.2, 0.25) is 11.8 Å². The molecular weight excluding hydrogens is 606 g/mol. The summed E-state index contributed by atoms with van der Waals surface area (Å²) in [6.07, 6.45) is -0.222. The van der Waals surface area contributed by atoms with Crippen molar-refractivity contribution in [1.82, 2.24) is 24.9 Å². The smallest absolute Gasteiger partial charge is 0.269 e. The number of amides is 3. The highest BCUT2D eigenvalue weighted by Gasteiger charge is 2.40. The average molecular weight is 631 g/mol. The minimum Gasteiger partial charge on any atom is -0.364 e. The summed E-state index contributed by atoms with van der Waals surface area (Å²) in [5.41, 5.74) is 6.96. The number of hydrogen-bond acceptors (Lipinski definition) is 7. The number of rotatable bonds is 8. The number of alkyl halides is 1. The lowest BCUT2D eigenvalue weighted by Crippen LogP contribution is -2.44. The summed E-state index contributed by atoms with van der Waals surface area (Å²) in [6.45, 7) is -0.749. The summed E-state index contributed by atoms with van der Waals surface area (Å²) < 4.78 is 31.4. The largest absolute Gasteiger partial charge is 0.364 e. The van der Waals surface area contributed by atoms with E-state index in [9.17, 15) is 18.8 Å². The number of anilines is 3. The fourth-order valence-electron chi connectivity index (χ4n) is 5.34. The van der Waals surface area contributed by atoms with Gasteiger partial charge in [-0.1, -0.05) is 41.9 Å². The minimum atomic E-state index is -1.48. The molecular formula is C31H25ClF2N8O3. The van der Waals surface area contributed by atoms with Gasteiger partial charge in [-0.05, 0) is 42.5 Å². The molecule has 1 aliphatic rings. The third-order valence-electron chi connectivity index (χ3n) is 7.41. The zero-order valence-corrected chi connectivity index (χ0v) is 24.2. The van der Waals surface area contributed by atoms with Gasteiger partial charge in [0.05, 0.1) is 17.7 Å². The van der Waals surface area contributed by atoms with Gasteiger partial charge in [-0.25, -0.2) is 8.78 Å². The third-order valence-corrected chi connectivity index (χ3v) is 7.74. The molecule has 228 valence electrons. The van der Waals surface area contributed by atoms with E-state index >= 15 is 4.39 Å². The van der Waals surface area contributed by atoms with Crippen molar-refractivity contribution in [2.45, 2.75) is 25.2 Å². The Labute approximate surface area is 260 Å². The summed E-state index contributed by atoms with van der Waals surface area (Å²) in [7, 11) is 0. The minimum absolute atomic E-state index is 0.0754. The Kier molecular flexibility index (Phi) is 8.09. The van der Waals surface area contributed by atoms with E-state index in [2.05, 4.69) is 25.9 Å². The second kappa shape index (κ2) is 12.3. The molecule has 5 aromatic rings.